The van der Waals surface area contributed by atoms with Gasteiger partial charge in [-0.2, -0.15) is 0 Å². The Morgan fingerprint density at radius 2 is 2.04 bits per heavy atom. The molecule has 1 N–H and O–H groups in total. The van der Waals surface area contributed by atoms with E-state index in [4.69, 9.17) is 4.74 Å². The first-order valence-electron chi connectivity index (χ1n) is 8.80. The van der Waals surface area contributed by atoms with E-state index < -0.39 is 0 Å². The van der Waals surface area contributed by atoms with Crippen LogP contribution >= 0.6 is 0 Å². The van der Waals surface area contributed by atoms with Gasteiger partial charge in [0.05, 0.1) is 13.0 Å². The van der Waals surface area contributed by atoms with Crippen molar-refractivity contribution in [3.63, 3.8) is 0 Å². The van der Waals surface area contributed by atoms with Gasteiger partial charge in [-0.15, -0.1) is 0 Å². The van der Waals surface area contributed by atoms with Crippen LogP contribution in [0.3, 0.4) is 0 Å². The molecule has 1 saturated heterocycles. The van der Waals surface area contributed by atoms with Crippen molar-refractivity contribution in [1.29, 1.82) is 0 Å². The Labute approximate surface area is 140 Å². The maximum atomic E-state index is 11.8. The van der Waals surface area contributed by atoms with Gasteiger partial charge < -0.3 is 19.9 Å². The molecule has 1 heterocycles. The zero-order valence-electron chi connectivity index (χ0n) is 15.0. The molecule has 0 aromatic heterocycles. The van der Waals surface area contributed by atoms with Gasteiger partial charge in [-0.25, -0.2) is 0 Å². The predicted octanol–water partition coefficient (Wildman–Crippen LogP) is 1.18. The summed E-state index contributed by atoms with van der Waals surface area (Å²) >= 11 is 0. The fourth-order valence-electron chi connectivity index (χ4n) is 3.80. The molecule has 2 fully saturated rings. The van der Waals surface area contributed by atoms with E-state index in [1.165, 1.54) is 32.8 Å². The number of ether oxygens (including phenoxy) is 1. The summed E-state index contributed by atoms with van der Waals surface area (Å²) in [6.07, 6.45) is 5.39. The Balaban J connectivity index is 1.78. The number of hydrogen-bond donors (Lipinski definition) is 1. The van der Waals surface area contributed by atoms with Crippen molar-refractivity contribution >= 4 is 11.9 Å². The first-order chi connectivity index (χ1) is 11.1. The molecule has 0 aromatic rings. The van der Waals surface area contributed by atoms with Crippen molar-refractivity contribution in [3.8, 4) is 0 Å². The summed E-state index contributed by atoms with van der Waals surface area (Å²) in [6, 6.07) is 0.745. The normalized spacial score (nSPS) is 26.1. The van der Waals surface area contributed by atoms with Crippen molar-refractivity contribution in [2.75, 3.05) is 47.4 Å². The Morgan fingerprint density at radius 3 is 2.65 bits per heavy atom. The minimum Gasteiger partial charge on any atom is -0.469 e. The summed E-state index contributed by atoms with van der Waals surface area (Å²) in [4.78, 5) is 20.8. The molecule has 1 saturated carbocycles. The van der Waals surface area contributed by atoms with Crippen LogP contribution in [0.15, 0.2) is 4.99 Å². The van der Waals surface area contributed by atoms with Gasteiger partial charge in [0, 0.05) is 39.3 Å². The van der Waals surface area contributed by atoms with Crippen molar-refractivity contribution in [2.24, 2.45) is 16.8 Å². The van der Waals surface area contributed by atoms with Gasteiger partial charge in [0.15, 0.2) is 5.96 Å². The number of guanidine groups is 1. The predicted molar refractivity (Wildman–Crippen MR) is 92.5 cm³/mol. The average Bonchev–Trinajstić information content (AvgIpc) is 3.20. The first kappa shape index (κ1) is 18.0. The third-order valence-electron chi connectivity index (χ3n) is 5.32. The quantitative estimate of drug-likeness (QED) is 0.467. The third kappa shape index (κ3) is 4.59. The fourth-order valence-corrected chi connectivity index (χ4v) is 3.80. The molecule has 0 radical (unpaired) electrons. The van der Waals surface area contributed by atoms with E-state index >= 15 is 0 Å². The second-order valence-electron chi connectivity index (χ2n) is 6.90. The maximum absolute atomic E-state index is 11.8. The van der Waals surface area contributed by atoms with E-state index in [1.807, 2.05) is 0 Å². The summed E-state index contributed by atoms with van der Waals surface area (Å²) in [5.74, 6) is 1.02. The van der Waals surface area contributed by atoms with Crippen molar-refractivity contribution in [1.82, 2.24) is 15.1 Å². The minimum absolute atomic E-state index is 0.0558. The van der Waals surface area contributed by atoms with E-state index in [9.17, 15) is 4.79 Å². The minimum atomic E-state index is -0.114. The van der Waals surface area contributed by atoms with Crippen LogP contribution in [0.25, 0.3) is 0 Å². The van der Waals surface area contributed by atoms with E-state index in [-0.39, 0.29) is 11.9 Å². The number of likely N-dealkylation sites (tertiary alicyclic amines) is 1. The number of hydrogen-bond acceptors (Lipinski definition) is 4. The molecule has 0 amide bonds. The van der Waals surface area contributed by atoms with Gasteiger partial charge in [0.1, 0.15) is 0 Å². The second-order valence-corrected chi connectivity index (χ2v) is 6.90. The third-order valence-corrected chi connectivity index (χ3v) is 5.32. The Morgan fingerprint density at radius 1 is 1.35 bits per heavy atom. The number of esters is 1. The lowest BCUT2D eigenvalue weighted by atomic mass is 9.99. The van der Waals surface area contributed by atoms with Crippen LogP contribution in [0.4, 0.5) is 0 Å². The number of rotatable bonds is 5. The summed E-state index contributed by atoms with van der Waals surface area (Å²) < 4.78 is 4.90. The smallest absolute Gasteiger partial charge is 0.310 e. The highest BCUT2D eigenvalue weighted by atomic mass is 16.5. The Kier molecular flexibility index (Phi) is 6.69. The highest BCUT2D eigenvalue weighted by Crippen LogP contribution is 2.24. The first-order valence-corrected chi connectivity index (χ1v) is 8.80. The van der Waals surface area contributed by atoms with E-state index in [0.29, 0.717) is 12.5 Å². The van der Waals surface area contributed by atoms with Gasteiger partial charge in [0.25, 0.3) is 0 Å². The molecule has 2 rings (SSSR count). The SMILES string of the molecule is CN=C(NCCN(C)C1CCCC1)N1CC(C)C(C(=O)OC)C1. The van der Waals surface area contributed by atoms with Crippen LogP contribution in [0.1, 0.15) is 32.6 Å². The molecule has 132 valence electrons. The molecule has 23 heavy (non-hydrogen) atoms. The summed E-state index contributed by atoms with van der Waals surface area (Å²) in [5.41, 5.74) is 0. The van der Waals surface area contributed by atoms with Gasteiger partial charge in [-0.05, 0) is 25.8 Å². The average molecular weight is 324 g/mol. The summed E-state index contributed by atoms with van der Waals surface area (Å²) in [6.45, 7) is 5.54. The zero-order chi connectivity index (χ0) is 16.8. The van der Waals surface area contributed by atoms with Crippen molar-refractivity contribution < 1.29 is 9.53 Å². The Hall–Kier alpha value is -1.30. The zero-order valence-corrected chi connectivity index (χ0v) is 15.0. The lowest BCUT2D eigenvalue weighted by Gasteiger charge is -2.26. The van der Waals surface area contributed by atoms with Gasteiger partial charge in [-0.1, -0.05) is 19.8 Å². The van der Waals surface area contributed by atoms with Crippen LogP contribution in [-0.2, 0) is 9.53 Å². The largest absolute Gasteiger partial charge is 0.469 e. The number of carbonyl (C=O) groups excluding carboxylic acids is 1. The van der Waals surface area contributed by atoms with Crippen LogP contribution in [-0.4, -0.2) is 75.2 Å². The van der Waals surface area contributed by atoms with E-state index in [2.05, 4.69) is 34.1 Å². The number of carbonyl (C=O) groups is 1. The van der Waals surface area contributed by atoms with Crippen LogP contribution < -0.4 is 5.32 Å². The highest BCUT2D eigenvalue weighted by Gasteiger charge is 2.36. The van der Waals surface area contributed by atoms with E-state index in [0.717, 1.165) is 31.6 Å². The molecule has 6 nitrogen and oxygen atoms in total. The van der Waals surface area contributed by atoms with Gasteiger partial charge in [-0.3, -0.25) is 9.79 Å². The lowest BCUT2D eigenvalue weighted by molar-refractivity contribution is -0.145. The van der Waals surface area contributed by atoms with Crippen LogP contribution in [0, 0.1) is 11.8 Å². The molecule has 1 aliphatic heterocycles. The number of aliphatic imine (C=N–C) groups is 1. The highest BCUT2D eigenvalue weighted by molar-refractivity contribution is 5.82. The summed E-state index contributed by atoms with van der Waals surface area (Å²) in [7, 11) is 5.48. The molecule has 0 spiro atoms. The molecular weight excluding hydrogens is 292 g/mol. The molecule has 2 atom stereocenters. The molecule has 0 bridgehead atoms. The number of methoxy groups -OCH3 is 1. The Bertz CT molecular complexity index is 421. The van der Waals surface area contributed by atoms with Crippen molar-refractivity contribution in [2.45, 2.75) is 38.6 Å². The maximum Gasteiger partial charge on any atom is 0.310 e. The number of likely N-dealkylation sites (N-methyl/N-ethyl adjacent to an activating group) is 1. The monoisotopic (exact) mass is 324 g/mol. The van der Waals surface area contributed by atoms with Gasteiger partial charge in [0.2, 0.25) is 0 Å². The molecule has 6 heteroatoms. The van der Waals surface area contributed by atoms with Crippen molar-refractivity contribution in [3.05, 3.63) is 0 Å². The lowest BCUT2D eigenvalue weighted by Crippen LogP contribution is -2.44. The number of nitrogens with zero attached hydrogens (tertiary/aromatic N) is 3. The van der Waals surface area contributed by atoms with Crippen LogP contribution in [0.2, 0.25) is 0 Å². The number of nitrogens with one attached hydrogen (secondary N) is 1. The molecule has 2 aliphatic rings. The van der Waals surface area contributed by atoms with E-state index in [1.54, 1.807) is 7.05 Å². The fraction of sp³-hybridized carbons (Fsp3) is 0.882. The standard InChI is InChI=1S/C17H32N4O2/c1-13-11-21(12-15(13)16(22)23-4)17(18-2)19-9-10-20(3)14-7-5-6-8-14/h13-15H,5-12H2,1-4H3,(H,18,19). The second kappa shape index (κ2) is 8.52. The molecule has 0 aromatic carbocycles. The topological polar surface area (TPSA) is 57.2 Å². The summed E-state index contributed by atoms with van der Waals surface area (Å²) in [5, 5.41) is 3.45. The molecule has 1 aliphatic carbocycles. The molecule has 2 unspecified atom stereocenters. The van der Waals surface area contributed by atoms with Crippen LogP contribution in [0.5, 0.6) is 0 Å². The van der Waals surface area contributed by atoms with Gasteiger partial charge >= 0.3 is 5.97 Å². The molecular formula is C17H32N4O2.